The molecular weight excluding hydrogens is 307 g/mol. The van der Waals surface area contributed by atoms with Gasteiger partial charge in [0.25, 0.3) is 0 Å². The van der Waals surface area contributed by atoms with Gasteiger partial charge in [-0.15, -0.1) is 0 Å². The zero-order valence-corrected chi connectivity index (χ0v) is 13.2. The van der Waals surface area contributed by atoms with E-state index < -0.39 is 0 Å². The first-order chi connectivity index (χ1) is 9.97. The molecule has 0 aromatic carbocycles. The van der Waals surface area contributed by atoms with Gasteiger partial charge in [-0.2, -0.15) is 0 Å². The number of halogens is 2. The van der Waals surface area contributed by atoms with Crippen LogP contribution in [0.4, 0.5) is 11.5 Å². The quantitative estimate of drug-likeness (QED) is 0.826. The molecule has 0 radical (unpaired) electrons. The van der Waals surface area contributed by atoms with Crippen LogP contribution in [0, 0.1) is 5.41 Å². The van der Waals surface area contributed by atoms with Crippen LogP contribution in [0.15, 0.2) is 24.5 Å². The van der Waals surface area contributed by atoms with Crippen molar-refractivity contribution in [3.63, 3.8) is 0 Å². The topological polar surface area (TPSA) is 63.8 Å². The summed E-state index contributed by atoms with van der Waals surface area (Å²) in [5.74, 6) is 0.398. The van der Waals surface area contributed by atoms with Gasteiger partial charge < -0.3 is 11.1 Å². The van der Waals surface area contributed by atoms with Crippen molar-refractivity contribution in [2.24, 2.45) is 5.41 Å². The Morgan fingerprint density at radius 2 is 1.95 bits per heavy atom. The lowest BCUT2D eigenvalue weighted by molar-refractivity contribution is 0.610. The maximum Gasteiger partial charge on any atom is 0.137 e. The lowest BCUT2D eigenvalue weighted by Crippen LogP contribution is -2.11. The molecule has 2 aromatic rings. The van der Waals surface area contributed by atoms with E-state index in [0.717, 1.165) is 23.4 Å². The summed E-state index contributed by atoms with van der Waals surface area (Å²) in [4.78, 5) is 8.19. The van der Waals surface area contributed by atoms with Crippen LogP contribution in [-0.2, 0) is 0 Å². The molecule has 2 aromatic heterocycles. The first kappa shape index (κ1) is 14.4. The molecule has 0 spiro atoms. The first-order valence-electron chi connectivity index (χ1n) is 6.78. The van der Waals surface area contributed by atoms with Crippen molar-refractivity contribution in [3.05, 3.63) is 34.7 Å². The van der Waals surface area contributed by atoms with Gasteiger partial charge in [-0.25, -0.2) is 9.97 Å². The molecule has 6 heteroatoms. The van der Waals surface area contributed by atoms with Crippen LogP contribution in [0.3, 0.4) is 0 Å². The number of hydrogen-bond acceptors (Lipinski definition) is 4. The van der Waals surface area contributed by atoms with Crippen molar-refractivity contribution in [1.82, 2.24) is 9.97 Å². The van der Waals surface area contributed by atoms with Gasteiger partial charge in [0.05, 0.1) is 16.9 Å². The molecule has 110 valence electrons. The van der Waals surface area contributed by atoms with Crippen LogP contribution < -0.4 is 11.1 Å². The maximum absolute atomic E-state index is 6.20. The van der Waals surface area contributed by atoms with E-state index in [1.54, 1.807) is 12.3 Å². The van der Waals surface area contributed by atoms with Crippen molar-refractivity contribution in [3.8, 4) is 11.1 Å². The van der Waals surface area contributed by atoms with Gasteiger partial charge in [0.2, 0.25) is 0 Å². The van der Waals surface area contributed by atoms with E-state index in [9.17, 15) is 0 Å². The molecule has 21 heavy (non-hydrogen) atoms. The smallest absolute Gasteiger partial charge is 0.137 e. The third-order valence-electron chi connectivity index (χ3n) is 3.83. The fourth-order valence-corrected chi connectivity index (χ4v) is 2.51. The van der Waals surface area contributed by atoms with Crippen molar-refractivity contribution >= 4 is 34.7 Å². The fraction of sp³-hybridized carbons (Fsp3) is 0.333. The van der Waals surface area contributed by atoms with Gasteiger partial charge in [-0.3, -0.25) is 0 Å². The molecule has 0 atom stereocenters. The minimum absolute atomic E-state index is 0.394. The Labute approximate surface area is 133 Å². The van der Waals surface area contributed by atoms with E-state index in [1.807, 2.05) is 6.07 Å². The van der Waals surface area contributed by atoms with E-state index >= 15 is 0 Å². The van der Waals surface area contributed by atoms with Crippen molar-refractivity contribution in [2.45, 2.75) is 19.8 Å². The molecular formula is C15H16Cl2N4. The highest BCUT2D eigenvalue weighted by molar-refractivity contribution is 6.35. The predicted molar refractivity (Wildman–Crippen MR) is 87.7 cm³/mol. The van der Waals surface area contributed by atoms with Crippen molar-refractivity contribution in [2.75, 3.05) is 17.6 Å². The number of nitrogens with zero attached hydrogens (tertiary/aromatic N) is 2. The van der Waals surface area contributed by atoms with Gasteiger partial charge in [0, 0.05) is 23.9 Å². The van der Waals surface area contributed by atoms with E-state index in [2.05, 4.69) is 22.2 Å². The number of nitrogen functional groups attached to an aromatic ring is 1. The average Bonchev–Trinajstić information content (AvgIpc) is 3.19. The van der Waals surface area contributed by atoms with Crippen LogP contribution >= 0.6 is 23.2 Å². The third-order valence-corrected chi connectivity index (χ3v) is 4.43. The molecule has 1 aliphatic rings. The predicted octanol–water partition coefficient (Wildman–Crippen LogP) is 4.24. The van der Waals surface area contributed by atoms with Crippen molar-refractivity contribution < 1.29 is 0 Å². The summed E-state index contributed by atoms with van der Waals surface area (Å²) < 4.78 is 0. The van der Waals surface area contributed by atoms with Gasteiger partial charge in [0.1, 0.15) is 11.0 Å². The molecule has 0 saturated heterocycles. The zero-order chi connectivity index (χ0) is 15.0. The second-order valence-electron chi connectivity index (χ2n) is 5.82. The highest BCUT2D eigenvalue weighted by Crippen LogP contribution is 2.45. The second kappa shape index (κ2) is 5.35. The minimum atomic E-state index is 0.394. The van der Waals surface area contributed by atoms with Gasteiger partial charge >= 0.3 is 0 Å². The molecule has 2 heterocycles. The molecule has 1 saturated carbocycles. The average molecular weight is 323 g/mol. The molecule has 1 aliphatic carbocycles. The number of rotatable bonds is 4. The molecule has 0 aliphatic heterocycles. The van der Waals surface area contributed by atoms with E-state index in [-0.39, 0.29) is 0 Å². The standard InChI is InChI=1S/C15H16Cl2N4/c1-15(2-3-15)8-21-9-4-11(14(17)20-6-9)10-5-13(18)19-7-12(10)16/h4-7,21H,2-3,8H2,1H3,(H2,18,19). The summed E-state index contributed by atoms with van der Waals surface area (Å²) in [5.41, 5.74) is 8.56. The van der Waals surface area contributed by atoms with E-state index in [1.165, 1.54) is 19.0 Å². The SMILES string of the molecule is CC1(CNc2cnc(Cl)c(-c3cc(N)ncc3Cl)c2)CC1. The molecule has 0 amide bonds. The first-order valence-corrected chi connectivity index (χ1v) is 7.53. The molecule has 3 N–H and O–H groups in total. The summed E-state index contributed by atoms with van der Waals surface area (Å²) >= 11 is 12.4. The number of hydrogen-bond donors (Lipinski definition) is 2. The van der Waals surface area contributed by atoms with Crippen LogP contribution in [0.25, 0.3) is 11.1 Å². The lowest BCUT2D eigenvalue weighted by atomic mass is 10.1. The summed E-state index contributed by atoms with van der Waals surface area (Å²) in [6.07, 6.45) is 5.78. The van der Waals surface area contributed by atoms with Crippen LogP contribution in [0.5, 0.6) is 0 Å². The monoisotopic (exact) mass is 322 g/mol. The largest absolute Gasteiger partial charge is 0.384 e. The Kier molecular flexibility index (Phi) is 3.68. The molecule has 3 rings (SSSR count). The number of nitrogens with one attached hydrogen (secondary N) is 1. The van der Waals surface area contributed by atoms with Gasteiger partial charge in [0.15, 0.2) is 0 Å². The Morgan fingerprint density at radius 3 is 2.67 bits per heavy atom. The Balaban J connectivity index is 1.91. The Hall–Kier alpha value is -1.52. The third kappa shape index (κ3) is 3.22. The normalized spacial score (nSPS) is 15.8. The number of aromatic nitrogens is 2. The maximum atomic E-state index is 6.20. The van der Waals surface area contributed by atoms with Gasteiger partial charge in [-0.1, -0.05) is 30.1 Å². The number of pyridine rings is 2. The molecule has 4 nitrogen and oxygen atoms in total. The summed E-state index contributed by atoms with van der Waals surface area (Å²) in [6.45, 7) is 3.20. The Morgan fingerprint density at radius 1 is 1.19 bits per heavy atom. The minimum Gasteiger partial charge on any atom is -0.384 e. The molecule has 0 unspecified atom stereocenters. The number of anilines is 2. The highest BCUT2D eigenvalue weighted by atomic mass is 35.5. The Bertz CT molecular complexity index is 683. The van der Waals surface area contributed by atoms with E-state index in [0.29, 0.717) is 21.4 Å². The fourth-order valence-electron chi connectivity index (χ4n) is 2.10. The summed E-state index contributed by atoms with van der Waals surface area (Å²) in [6, 6.07) is 3.65. The summed E-state index contributed by atoms with van der Waals surface area (Å²) in [5, 5.41) is 4.30. The van der Waals surface area contributed by atoms with Crippen LogP contribution in [0.2, 0.25) is 10.2 Å². The molecule has 0 bridgehead atoms. The van der Waals surface area contributed by atoms with Crippen LogP contribution in [0.1, 0.15) is 19.8 Å². The zero-order valence-electron chi connectivity index (χ0n) is 11.7. The van der Waals surface area contributed by atoms with Crippen LogP contribution in [-0.4, -0.2) is 16.5 Å². The molecule has 1 fully saturated rings. The summed E-state index contributed by atoms with van der Waals surface area (Å²) in [7, 11) is 0. The van der Waals surface area contributed by atoms with Gasteiger partial charge in [-0.05, 0) is 30.4 Å². The number of nitrogens with two attached hydrogens (primary N) is 1. The second-order valence-corrected chi connectivity index (χ2v) is 6.58. The van der Waals surface area contributed by atoms with Crippen molar-refractivity contribution in [1.29, 1.82) is 0 Å². The lowest BCUT2D eigenvalue weighted by Gasteiger charge is -2.13. The highest BCUT2D eigenvalue weighted by Gasteiger charge is 2.36. The van der Waals surface area contributed by atoms with E-state index in [4.69, 9.17) is 28.9 Å².